The van der Waals surface area contributed by atoms with Crippen LogP contribution in [0.25, 0.3) is 0 Å². The molecule has 0 unspecified atom stereocenters. The molecule has 2 rings (SSSR count). The van der Waals surface area contributed by atoms with Gasteiger partial charge in [-0.15, -0.1) is 11.8 Å². The minimum atomic E-state index is -0.457. The number of rotatable bonds is 4. The average molecular weight is 311 g/mol. The smallest absolute Gasteiger partial charge is 0.234 e. The summed E-state index contributed by atoms with van der Waals surface area (Å²) in [5.74, 6) is -0.580. The summed E-state index contributed by atoms with van der Waals surface area (Å²) in [5.41, 5.74) is 6.27. The standard InChI is InChI=1S/C14H12ClFN2OS/c15-10-7-9(5-6-12(10)17)20-8-14(19)18-13-4-2-1-3-11(13)16/h1-7H,8,17H2,(H,18,19). The first-order valence-corrected chi connectivity index (χ1v) is 7.15. The number of benzene rings is 2. The highest BCUT2D eigenvalue weighted by atomic mass is 35.5. The van der Waals surface area contributed by atoms with Crippen LogP contribution in [0.2, 0.25) is 5.02 Å². The Morgan fingerprint density at radius 1 is 1.30 bits per heavy atom. The number of hydrogen-bond acceptors (Lipinski definition) is 3. The Kier molecular flexibility index (Phi) is 4.87. The molecule has 0 spiro atoms. The van der Waals surface area contributed by atoms with E-state index in [4.69, 9.17) is 17.3 Å². The number of nitrogens with two attached hydrogens (primary N) is 1. The van der Waals surface area contributed by atoms with Crippen molar-refractivity contribution in [2.24, 2.45) is 0 Å². The van der Waals surface area contributed by atoms with E-state index >= 15 is 0 Å². The molecular weight excluding hydrogens is 299 g/mol. The number of nitrogens with one attached hydrogen (secondary N) is 1. The number of amides is 1. The van der Waals surface area contributed by atoms with E-state index in [9.17, 15) is 9.18 Å². The summed E-state index contributed by atoms with van der Waals surface area (Å²) in [4.78, 5) is 12.6. The molecule has 3 N–H and O–H groups in total. The molecule has 2 aromatic carbocycles. The number of hydrogen-bond donors (Lipinski definition) is 2. The maximum Gasteiger partial charge on any atom is 0.234 e. The van der Waals surface area contributed by atoms with Gasteiger partial charge in [0, 0.05) is 4.90 Å². The average Bonchev–Trinajstić information content (AvgIpc) is 2.43. The van der Waals surface area contributed by atoms with Gasteiger partial charge in [0.25, 0.3) is 0 Å². The van der Waals surface area contributed by atoms with Crippen molar-refractivity contribution < 1.29 is 9.18 Å². The van der Waals surface area contributed by atoms with Crippen molar-refractivity contribution in [1.82, 2.24) is 0 Å². The predicted molar refractivity (Wildman–Crippen MR) is 81.6 cm³/mol. The quantitative estimate of drug-likeness (QED) is 0.667. The highest BCUT2D eigenvalue weighted by molar-refractivity contribution is 8.00. The van der Waals surface area contributed by atoms with Gasteiger partial charge in [-0.1, -0.05) is 23.7 Å². The third kappa shape index (κ3) is 3.88. The van der Waals surface area contributed by atoms with Crippen LogP contribution in [0, 0.1) is 5.82 Å². The molecule has 6 heteroatoms. The molecule has 0 radical (unpaired) electrons. The van der Waals surface area contributed by atoms with Crippen LogP contribution >= 0.6 is 23.4 Å². The lowest BCUT2D eigenvalue weighted by atomic mass is 10.3. The van der Waals surface area contributed by atoms with Gasteiger partial charge in [-0.05, 0) is 30.3 Å². The van der Waals surface area contributed by atoms with Crippen LogP contribution in [-0.4, -0.2) is 11.7 Å². The summed E-state index contributed by atoms with van der Waals surface area (Å²) in [6.45, 7) is 0. The highest BCUT2D eigenvalue weighted by Gasteiger charge is 2.07. The lowest BCUT2D eigenvalue weighted by Gasteiger charge is -2.06. The molecule has 2 aromatic rings. The number of anilines is 2. The lowest BCUT2D eigenvalue weighted by molar-refractivity contribution is -0.113. The summed E-state index contributed by atoms with van der Waals surface area (Å²) >= 11 is 7.19. The summed E-state index contributed by atoms with van der Waals surface area (Å²) < 4.78 is 13.4. The van der Waals surface area contributed by atoms with E-state index in [1.807, 2.05) is 0 Å². The van der Waals surface area contributed by atoms with Crippen molar-refractivity contribution >= 4 is 40.6 Å². The molecule has 20 heavy (non-hydrogen) atoms. The Hall–Kier alpha value is -1.72. The maximum atomic E-state index is 13.4. The van der Waals surface area contributed by atoms with Gasteiger partial charge in [0.2, 0.25) is 5.91 Å². The molecule has 0 aliphatic carbocycles. The number of nitrogen functional groups attached to an aromatic ring is 1. The predicted octanol–water partition coefficient (Wildman–Crippen LogP) is 3.79. The number of carbonyl (C=O) groups is 1. The lowest BCUT2D eigenvalue weighted by Crippen LogP contribution is -2.14. The van der Waals surface area contributed by atoms with Gasteiger partial charge >= 0.3 is 0 Å². The monoisotopic (exact) mass is 310 g/mol. The number of para-hydroxylation sites is 1. The van der Waals surface area contributed by atoms with Gasteiger partial charge < -0.3 is 11.1 Å². The van der Waals surface area contributed by atoms with E-state index < -0.39 is 5.82 Å². The summed E-state index contributed by atoms with van der Waals surface area (Å²) in [5, 5.41) is 2.96. The maximum absolute atomic E-state index is 13.4. The zero-order valence-corrected chi connectivity index (χ0v) is 12.0. The van der Waals surface area contributed by atoms with E-state index in [1.54, 1.807) is 30.3 Å². The van der Waals surface area contributed by atoms with Gasteiger partial charge in [-0.2, -0.15) is 0 Å². The van der Waals surface area contributed by atoms with Gasteiger partial charge in [-0.3, -0.25) is 4.79 Å². The molecule has 104 valence electrons. The molecule has 0 bridgehead atoms. The molecule has 0 atom stereocenters. The zero-order valence-electron chi connectivity index (χ0n) is 10.4. The molecule has 0 saturated carbocycles. The van der Waals surface area contributed by atoms with Crippen molar-refractivity contribution in [3.63, 3.8) is 0 Å². The van der Waals surface area contributed by atoms with Crippen LogP contribution in [0.4, 0.5) is 15.8 Å². The highest BCUT2D eigenvalue weighted by Crippen LogP contribution is 2.26. The molecular formula is C14H12ClFN2OS. The minimum absolute atomic E-state index is 0.161. The fraction of sp³-hybridized carbons (Fsp3) is 0.0714. The Labute approximate surface area is 125 Å². The molecule has 0 aromatic heterocycles. The molecule has 0 fully saturated rings. The molecule has 0 aliphatic rings. The van der Waals surface area contributed by atoms with E-state index in [1.165, 1.54) is 23.9 Å². The third-order valence-electron chi connectivity index (χ3n) is 2.49. The molecule has 0 aliphatic heterocycles. The second-order valence-electron chi connectivity index (χ2n) is 4.00. The third-order valence-corrected chi connectivity index (χ3v) is 3.81. The van der Waals surface area contributed by atoms with E-state index in [0.29, 0.717) is 10.7 Å². The van der Waals surface area contributed by atoms with Gasteiger partial charge in [0.15, 0.2) is 0 Å². The first-order valence-electron chi connectivity index (χ1n) is 5.78. The largest absolute Gasteiger partial charge is 0.398 e. The fourth-order valence-corrected chi connectivity index (χ4v) is 2.48. The Morgan fingerprint density at radius 2 is 2.05 bits per heavy atom. The second-order valence-corrected chi connectivity index (χ2v) is 5.46. The minimum Gasteiger partial charge on any atom is -0.398 e. The van der Waals surface area contributed by atoms with Crippen LogP contribution in [-0.2, 0) is 4.79 Å². The van der Waals surface area contributed by atoms with Crippen LogP contribution in [0.1, 0.15) is 0 Å². The van der Waals surface area contributed by atoms with Crippen molar-refractivity contribution in [3.8, 4) is 0 Å². The van der Waals surface area contributed by atoms with E-state index in [2.05, 4.69) is 5.32 Å². The number of halogens is 2. The van der Waals surface area contributed by atoms with Crippen molar-refractivity contribution in [1.29, 1.82) is 0 Å². The zero-order chi connectivity index (χ0) is 14.5. The van der Waals surface area contributed by atoms with Crippen LogP contribution < -0.4 is 11.1 Å². The first kappa shape index (κ1) is 14.7. The van der Waals surface area contributed by atoms with Crippen LogP contribution in [0.15, 0.2) is 47.4 Å². The summed E-state index contributed by atoms with van der Waals surface area (Å²) in [6.07, 6.45) is 0. The number of thioether (sulfide) groups is 1. The van der Waals surface area contributed by atoms with Crippen molar-refractivity contribution in [2.45, 2.75) is 4.90 Å². The SMILES string of the molecule is Nc1ccc(SCC(=O)Nc2ccccc2F)cc1Cl. The first-order chi connectivity index (χ1) is 9.56. The van der Waals surface area contributed by atoms with Crippen molar-refractivity contribution in [3.05, 3.63) is 53.3 Å². The van der Waals surface area contributed by atoms with Gasteiger partial charge in [0.05, 0.1) is 22.2 Å². The molecule has 0 saturated heterocycles. The van der Waals surface area contributed by atoms with E-state index in [0.717, 1.165) is 4.90 Å². The number of carbonyl (C=O) groups excluding carboxylic acids is 1. The normalized spacial score (nSPS) is 10.3. The van der Waals surface area contributed by atoms with Crippen molar-refractivity contribution in [2.75, 3.05) is 16.8 Å². The summed E-state index contributed by atoms with van der Waals surface area (Å²) in [7, 11) is 0. The molecule has 3 nitrogen and oxygen atoms in total. The van der Waals surface area contributed by atoms with Gasteiger partial charge in [-0.25, -0.2) is 4.39 Å². The Balaban J connectivity index is 1.92. The summed E-state index contributed by atoms with van der Waals surface area (Å²) in [6, 6.07) is 11.2. The van der Waals surface area contributed by atoms with E-state index in [-0.39, 0.29) is 17.3 Å². The molecule has 0 heterocycles. The fourth-order valence-electron chi connectivity index (χ4n) is 1.50. The van der Waals surface area contributed by atoms with Gasteiger partial charge in [0.1, 0.15) is 5.82 Å². The topological polar surface area (TPSA) is 55.1 Å². The van der Waals surface area contributed by atoms with Crippen LogP contribution in [0.3, 0.4) is 0 Å². The Morgan fingerprint density at radius 3 is 2.75 bits per heavy atom. The second kappa shape index (κ2) is 6.63. The molecule has 1 amide bonds. The Bertz CT molecular complexity index is 636. The van der Waals surface area contributed by atoms with Crippen LogP contribution in [0.5, 0.6) is 0 Å².